The molecule has 4 nitrogen and oxygen atoms in total. The van der Waals surface area contributed by atoms with E-state index >= 15 is 0 Å². The molecule has 0 fully saturated rings. The Hall–Kier alpha value is -1.90. The summed E-state index contributed by atoms with van der Waals surface area (Å²) in [4.78, 5) is 3.62. The van der Waals surface area contributed by atoms with E-state index in [0.29, 0.717) is 0 Å². The minimum Gasteiger partial charge on any atom is -0.492 e. The van der Waals surface area contributed by atoms with Gasteiger partial charge in [0.1, 0.15) is 0 Å². The Labute approximate surface area is 85.3 Å². The van der Waals surface area contributed by atoms with Crippen molar-refractivity contribution in [3.8, 4) is 11.8 Å². The molecule has 0 unspecified atom stereocenters. The predicted octanol–water partition coefficient (Wildman–Crippen LogP) is 1.68. The van der Waals surface area contributed by atoms with Crippen LogP contribution in [0.15, 0.2) is 6.07 Å². The molecule has 0 aromatic carbocycles. The van der Waals surface area contributed by atoms with Crippen molar-refractivity contribution in [1.82, 2.24) is 4.98 Å². The Kier molecular flexibility index (Phi) is 3.39. The highest BCUT2D eigenvalue weighted by Gasteiger charge is 2.19. The lowest BCUT2D eigenvalue weighted by atomic mass is 10.2. The maximum Gasteiger partial charge on any atom is 0.284 e. The fourth-order valence-corrected chi connectivity index (χ4v) is 1.17. The average Bonchev–Trinajstić information content (AvgIpc) is 2.17. The van der Waals surface area contributed by atoms with Gasteiger partial charge in [0, 0.05) is 0 Å². The van der Waals surface area contributed by atoms with Crippen LogP contribution in [0.2, 0.25) is 0 Å². The van der Waals surface area contributed by atoms with Crippen LogP contribution in [0.1, 0.15) is 17.8 Å². The summed E-state index contributed by atoms with van der Waals surface area (Å²) < 4.78 is 29.8. The summed E-state index contributed by atoms with van der Waals surface area (Å²) in [7, 11) is 1.24. The number of methoxy groups -OCH3 is 1. The van der Waals surface area contributed by atoms with Gasteiger partial charge in [-0.3, -0.25) is 0 Å². The monoisotopic (exact) mass is 213 g/mol. The van der Waals surface area contributed by atoms with Crippen molar-refractivity contribution >= 4 is 5.69 Å². The van der Waals surface area contributed by atoms with E-state index in [1.807, 2.05) is 6.07 Å². The molecule has 80 valence electrons. The minimum atomic E-state index is -2.78. The van der Waals surface area contributed by atoms with Crippen LogP contribution >= 0.6 is 0 Å². The normalized spacial score (nSPS) is 10.1. The molecular formula is C9H9F2N3O. The van der Waals surface area contributed by atoms with Crippen molar-refractivity contribution in [3.63, 3.8) is 0 Å². The maximum atomic E-state index is 12.5. The smallest absolute Gasteiger partial charge is 0.284 e. The van der Waals surface area contributed by atoms with Crippen LogP contribution in [0.25, 0.3) is 0 Å². The number of hydrogen-bond acceptors (Lipinski definition) is 4. The van der Waals surface area contributed by atoms with E-state index in [-0.39, 0.29) is 23.6 Å². The third-order valence-corrected chi connectivity index (χ3v) is 1.75. The number of anilines is 1. The quantitative estimate of drug-likeness (QED) is 0.828. The van der Waals surface area contributed by atoms with Gasteiger partial charge >= 0.3 is 0 Å². The van der Waals surface area contributed by atoms with Gasteiger partial charge in [0.15, 0.2) is 11.4 Å². The first-order chi connectivity index (χ1) is 7.10. The van der Waals surface area contributed by atoms with Gasteiger partial charge in [-0.1, -0.05) is 0 Å². The highest BCUT2D eigenvalue weighted by molar-refractivity contribution is 5.56. The first-order valence-electron chi connectivity index (χ1n) is 4.08. The molecule has 15 heavy (non-hydrogen) atoms. The number of ether oxygens (including phenoxy) is 1. The molecule has 1 heterocycles. The molecule has 1 aromatic heterocycles. The van der Waals surface area contributed by atoms with Gasteiger partial charge in [0.25, 0.3) is 6.43 Å². The second-order valence-electron chi connectivity index (χ2n) is 2.76. The molecule has 0 saturated heterocycles. The Bertz CT molecular complexity index is 401. The molecule has 0 aliphatic carbocycles. The molecule has 1 aromatic rings. The van der Waals surface area contributed by atoms with Crippen LogP contribution in [-0.4, -0.2) is 12.1 Å². The van der Waals surface area contributed by atoms with Gasteiger partial charge in [-0.05, 0) is 6.07 Å². The van der Waals surface area contributed by atoms with E-state index in [1.165, 1.54) is 13.2 Å². The number of rotatable bonds is 3. The molecule has 0 radical (unpaired) electrons. The fourth-order valence-electron chi connectivity index (χ4n) is 1.17. The van der Waals surface area contributed by atoms with E-state index in [4.69, 9.17) is 15.7 Å². The van der Waals surface area contributed by atoms with Crippen molar-refractivity contribution in [2.75, 3.05) is 12.8 Å². The number of aromatic nitrogens is 1. The van der Waals surface area contributed by atoms with Crippen LogP contribution in [0, 0.1) is 11.3 Å². The van der Waals surface area contributed by atoms with Crippen LogP contribution in [0.3, 0.4) is 0 Å². The zero-order valence-corrected chi connectivity index (χ0v) is 8.00. The highest BCUT2D eigenvalue weighted by atomic mass is 19.3. The van der Waals surface area contributed by atoms with Gasteiger partial charge in [0.2, 0.25) is 0 Å². The summed E-state index contributed by atoms with van der Waals surface area (Å²) in [5, 5.41) is 8.42. The van der Waals surface area contributed by atoms with E-state index in [2.05, 4.69) is 4.98 Å². The second kappa shape index (κ2) is 4.55. The Morgan fingerprint density at radius 1 is 1.67 bits per heavy atom. The molecule has 0 amide bonds. The molecule has 2 N–H and O–H groups in total. The first-order valence-corrected chi connectivity index (χ1v) is 4.08. The van der Waals surface area contributed by atoms with Crippen LogP contribution in [0.5, 0.6) is 5.75 Å². The van der Waals surface area contributed by atoms with Crippen LogP contribution in [-0.2, 0) is 6.42 Å². The Morgan fingerprint density at radius 2 is 2.33 bits per heavy atom. The van der Waals surface area contributed by atoms with Gasteiger partial charge < -0.3 is 10.5 Å². The molecule has 1 rings (SSSR count). The number of nitrogens with zero attached hydrogens (tertiary/aromatic N) is 2. The van der Waals surface area contributed by atoms with E-state index in [0.717, 1.165) is 0 Å². The zero-order valence-electron chi connectivity index (χ0n) is 8.00. The third-order valence-electron chi connectivity index (χ3n) is 1.75. The molecular weight excluding hydrogens is 204 g/mol. The number of pyridine rings is 1. The minimum absolute atomic E-state index is 0.0616. The van der Waals surface area contributed by atoms with E-state index in [9.17, 15) is 8.78 Å². The van der Waals surface area contributed by atoms with Crippen molar-refractivity contribution in [2.24, 2.45) is 0 Å². The lowest BCUT2D eigenvalue weighted by Gasteiger charge is -2.10. The van der Waals surface area contributed by atoms with Gasteiger partial charge in [-0.15, -0.1) is 0 Å². The topological polar surface area (TPSA) is 71.9 Å². The summed E-state index contributed by atoms with van der Waals surface area (Å²) in [5.41, 5.74) is 5.24. The van der Waals surface area contributed by atoms with Crippen molar-refractivity contribution in [2.45, 2.75) is 12.8 Å². The van der Waals surface area contributed by atoms with Crippen molar-refractivity contribution in [3.05, 3.63) is 17.5 Å². The summed E-state index contributed by atoms with van der Waals surface area (Å²) in [6.07, 6.45) is -2.84. The number of nitriles is 1. The van der Waals surface area contributed by atoms with Crippen molar-refractivity contribution in [1.29, 1.82) is 5.26 Å². The number of halogens is 2. The molecule has 0 aliphatic heterocycles. The molecule has 0 bridgehead atoms. The predicted molar refractivity (Wildman–Crippen MR) is 49.5 cm³/mol. The molecule has 0 aliphatic rings. The average molecular weight is 213 g/mol. The van der Waals surface area contributed by atoms with Gasteiger partial charge in [-0.25, -0.2) is 13.8 Å². The SMILES string of the molecule is COc1c(N)cc(CC#N)nc1C(F)F. The van der Waals surface area contributed by atoms with Gasteiger partial charge in [-0.2, -0.15) is 5.26 Å². The molecule has 6 heteroatoms. The van der Waals surface area contributed by atoms with E-state index in [1.54, 1.807) is 0 Å². The molecule has 0 spiro atoms. The Morgan fingerprint density at radius 3 is 2.80 bits per heavy atom. The summed E-state index contributed by atoms with van der Waals surface area (Å²) >= 11 is 0. The summed E-state index contributed by atoms with van der Waals surface area (Å²) in [5.74, 6) is -0.133. The zero-order chi connectivity index (χ0) is 11.4. The maximum absolute atomic E-state index is 12.5. The number of nitrogens with two attached hydrogens (primary N) is 1. The Balaban J connectivity index is 3.27. The van der Waals surface area contributed by atoms with E-state index < -0.39 is 12.1 Å². The van der Waals surface area contributed by atoms with Gasteiger partial charge in [0.05, 0.1) is 31.0 Å². The number of nitrogen functional groups attached to an aromatic ring is 1. The fraction of sp³-hybridized carbons (Fsp3) is 0.333. The van der Waals surface area contributed by atoms with Crippen LogP contribution in [0.4, 0.5) is 14.5 Å². The van der Waals surface area contributed by atoms with Crippen LogP contribution < -0.4 is 10.5 Å². The first kappa shape index (κ1) is 11.2. The number of alkyl halides is 2. The molecule has 0 saturated carbocycles. The van der Waals surface area contributed by atoms with Crippen molar-refractivity contribution < 1.29 is 13.5 Å². The molecule has 0 atom stereocenters. The number of hydrogen-bond donors (Lipinski definition) is 1. The standard InChI is InChI=1S/C9H9F2N3O/c1-15-8-6(13)4-5(2-3-12)14-7(8)9(10)11/h4,9H,2H2,1H3,(H2,13,14). The largest absolute Gasteiger partial charge is 0.492 e. The summed E-state index contributed by atoms with van der Waals surface area (Å²) in [6, 6.07) is 3.17. The highest BCUT2D eigenvalue weighted by Crippen LogP contribution is 2.32. The summed E-state index contributed by atoms with van der Waals surface area (Å²) in [6.45, 7) is 0. The lowest BCUT2D eigenvalue weighted by Crippen LogP contribution is -2.04. The second-order valence-corrected chi connectivity index (χ2v) is 2.76. The lowest BCUT2D eigenvalue weighted by molar-refractivity contribution is 0.141. The third kappa shape index (κ3) is 2.31.